The van der Waals surface area contributed by atoms with Gasteiger partial charge in [0.1, 0.15) is 0 Å². The third-order valence-corrected chi connectivity index (χ3v) is 4.10. The first-order valence-corrected chi connectivity index (χ1v) is 7.01. The molecule has 0 aromatic carbocycles. The van der Waals surface area contributed by atoms with Crippen molar-refractivity contribution >= 4 is 22.0 Å². The summed E-state index contributed by atoms with van der Waals surface area (Å²) in [5.41, 5.74) is 0. The molecule has 1 rings (SSSR count). The normalized spacial score (nSPS) is 20.2. The van der Waals surface area contributed by atoms with E-state index in [2.05, 4.69) is 5.32 Å². The third-order valence-electron chi connectivity index (χ3n) is 2.49. The number of hydrogen-bond acceptors (Lipinski definition) is 5. The summed E-state index contributed by atoms with van der Waals surface area (Å²) >= 11 is 0. The van der Waals surface area contributed by atoms with Gasteiger partial charge in [0.2, 0.25) is 6.29 Å². The van der Waals surface area contributed by atoms with E-state index in [-0.39, 0.29) is 17.8 Å². The third kappa shape index (κ3) is 4.71. The molecule has 1 amide bonds. The van der Waals surface area contributed by atoms with E-state index in [9.17, 15) is 18.0 Å². The van der Waals surface area contributed by atoms with Crippen LogP contribution in [0.25, 0.3) is 0 Å². The van der Waals surface area contributed by atoms with Crippen molar-refractivity contribution < 1.29 is 18.0 Å². The molecule has 1 saturated heterocycles. The number of carbonyl (C=O) groups is 2. The summed E-state index contributed by atoms with van der Waals surface area (Å²) in [4.78, 5) is 22.6. The number of hydrogen-bond donors (Lipinski definition) is 1. The Morgan fingerprint density at radius 3 is 2.50 bits per heavy atom. The molecule has 7 heteroatoms. The Balaban J connectivity index is 2.11. The van der Waals surface area contributed by atoms with Crippen LogP contribution < -0.4 is 5.32 Å². The summed E-state index contributed by atoms with van der Waals surface area (Å²) in [5, 5.41) is 2.44. The molecule has 1 N–H and O–H groups in total. The van der Waals surface area contributed by atoms with Gasteiger partial charge in [-0.15, -0.1) is 0 Å². The number of aldehydes is 1. The van der Waals surface area contributed by atoms with Gasteiger partial charge in [0.25, 0.3) is 5.91 Å². The molecule has 0 spiro atoms. The Labute approximate surface area is 94.9 Å². The lowest BCUT2D eigenvalue weighted by molar-refractivity contribution is -0.131. The van der Waals surface area contributed by atoms with Crippen LogP contribution >= 0.6 is 0 Å². The highest BCUT2D eigenvalue weighted by Crippen LogP contribution is 2.03. The molecule has 0 unspecified atom stereocenters. The number of rotatable bonds is 5. The van der Waals surface area contributed by atoms with Crippen LogP contribution in [0.2, 0.25) is 0 Å². The molecule has 16 heavy (non-hydrogen) atoms. The van der Waals surface area contributed by atoms with Gasteiger partial charge in [0.15, 0.2) is 9.84 Å². The fourth-order valence-electron chi connectivity index (χ4n) is 1.53. The van der Waals surface area contributed by atoms with Gasteiger partial charge in [0, 0.05) is 19.6 Å². The van der Waals surface area contributed by atoms with Crippen molar-refractivity contribution in [3.63, 3.8) is 0 Å². The van der Waals surface area contributed by atoms with Crippen LogP contribution in [-0.4, -0.2) is 63.2 Å². The minimum absolute atomic E-state index is 0.216. The van der Waals surface area contributed by atoms with Crippen molar-refractivity contribution in [3.8, 4) is 0 Å². The van der Waals surface area contributed by atoms with E-state index in [1.807, 2.05) is 4.90 Å². The zero-order chi connectivity index (χ0) is 12.0. The van der Waals surface area contributed by atoms with Crippen LogP contribution in [0.5, 0.6) is 0 Å². The average molecular weight is 248 g/mol. The molecular weight excluding hydrogens is 232 g/mol. The maximum atomic E-state index is 11.1. The second-order valence-corrected chi connectivity index (χ2v) is 6.06. The molecule has 1 aliphatic rings. The lowest BCUT2D eigenvalue weighted by Crippen LogP contribution is -2.41. The van der Waals surface area contributed by atoms with Crippen molar-refractivity contribution in [3.05, 3.63) is 0 Å². The minimum atomic E-state index is -2.82. The summed E-state index contributed by atoms with van der Waals surface area (Å²) in [6, 6.07) is 0. The Morgan fingerprint density at radius 2 is 1.94 bits per heavy atom. The second-order valence-electron chi connectivity index (χ2n) is 3.76. The maximum Gasteiger partial charge on any atom is 0.284 e. The Kier molecular flexibility index (Phi) is 4.88. The molecule has 1 fully saturated rings. The van der Waals surface area contributed by atoms with E-state index < -0.39 is 15.7 Å². The fourth-order valence-corrected chi connectivity index (χ4v) is 2.81. The summed E-state index contributed by atoms with van der Waals surface area (Å²) in [5.74, 6) is -0.178. The van der Waals surface area contributed by atoms with E-state index in [0.717, 1.165) is 13.0 Å². The molecule has 0 aromatic rings. The summed E-state index contributed by atoms with van der Waals surface area (Å²) in [6.45, 7) is 2.31. The van der Waals surface area contributed by atoms with Crippen LogP contribution in [0.1, 0.15) is 6.42 Å². The van der Waals surface area contributed by atoms with Crippen LogP contribution in [0, 0.1) is 0 Å². The van der Waals surface area contributed by atoms with Crippen molar-refractivity contribution in [2.45, 2.75) is 6.42 Å². The van der Waals surface area contributed by atoms with E-state index in [4.69, 9.17) is 0 Å². The van der Waals surface area contributed by atoms with Crippen LogP contribution in [-0.2, 0) is 19.4 Å². The quantitative estimate of drug-likeness (QED) is 0.361. The molecule has 0 radical (unpaired) electrons. The molecule has 1 aliphatic heterocycles. The van der Waals surface area contributed by atoms with Gasteiger partial charge in [-0.05, 0) is 13.0 Å². The summed E-state index contributed by atoms with van der Waals surface area (Å²) < 4.78 is 22.3. The predicted octanol–water partition coefficient (Wildman–Crippen LogP) is -1.58. The number of carbonyl (C=O) groups excluding carboxylic acids is 2. The van der Waals surface area contributed by atoms with Crippen LogP contribution in [0.3, 0.4) is 0 Å². The van der Waals surface area contributed by atoms with E-state index in [1.165, 1.54) is 0 Å². The fraction of sp³-hybridized carbons (Fsp3) is 0.778. The molecule has 0 aromatic heterocycles. The highest BCUT2D eigenvalue weighted by Gasteiger charge is 2.20. The van der Waals surface area contributed by atoms with E-state index in [1.54, 1.807) is 0 Å². The van der Waals surface area contributed by atoms with E-state index >= 15 is 0 Å². The zero-order valence-corrected chi connectivity index (χ0v) is 9.83. The van der Waals surface area contributed by atoms with Gasteiger partial charge in [-0.1, -0.05) is 0 Å². The van der Waals surface area contributed by atoms with Crippen molar-refractivity contribution in [2.75, 3.05) is 37.7 Å². The van der Waals surface area contributed by atoms with Gasteiger partial charge < -0.3 is 10.2 Å². The van der Waals surface area contributed by atoms with Gasteiger partial charge in [-0.2, -0.15) is 0 Å². The van der Waals surface area contributed by atoms with Crippen molar-refractivity contribution in [1.29, 1.82) is 0 Å². The molecule has 92 valence electrons. The van der Waals surface area contributed by atoms with E-state index in [0.29, 0.717) is 19.6 Å². The molecule has 6 nitrogen and oxygen atoms in total. The van der Waals surface area contributed by atoms with Gasteiger partial charge in [0.05, 0.1) is 11.5 Å². The standard InChI is InChI=1S/C9H16N2O4S/c12-8-9(13)10-2-1-3-11-4-6-16(14,15)7-5-11/h8H,1-7H2,(H,10,13). The molecular formula is C9H16N2O4S. The minimum Gasteiger partial charge on any atom is -0.350 e. The van der Waals surface area contributed by atoms with Gasteiger partial charge in [-0.3, -0.25) is 9.59 Å². The first kappa shape index (κ1) is 13.1. The smallest absolute Gasteiger partial charge is 0.284 e. The average Bonchev–Trinajstić information content (AvgIpc) is 2.26. The largest absolute Gasteiger partial charge is 0.350 e. The zero-order valence-electron chi connectivity index (χ0n) is 9.02. The summed E-state index contributed by atoms with van der Waals surface area (Å²) in [7, 11) is -2.82. The lowest BCUT2D eigenvalue weighted by atomic mass is 10.3. The van der Waals surface area contributed by atoms with Crippen LogP contribution in [0.4, 0.5) is 0 Å². The first-order valence-electron chi connectivity index (χ1n) is 5.19. The molecule has 0 saturated carbocycles. The van der Waals surface area contributed by atoms with Crippen LogP contribution in [0.15, 0.2) is 0 Å². The monoisotopic (exact) mass is 248 g/mol. The summed E-state index contributed by atoms with van der Waals surface area (Å²) in [6.07, 6.45) is 0.965. The maximum absolute atomic E-state index is 11.1. The Morgan fingerprint density at radius 1 is 1.31 bits per heavy atom. The first-order chi connectivity index (χ1) is 7.53. The van der Waals surface area contributed by atoms with Crippen molar-refractivity contribution in [2.24, 2.45) is 0 Å². The number of nitrogens with one attached hydrogen (secondary N) is 1. The highest BCUT2D eigenvalue weighted by molar-refractivity contribution is 7.91. The molecule has 0 atom stereocenters. The lowest BCUT2D eigenvalue weighted by Gasteiger charge is -2.26. The number of amides is 1. The molecule has 1 heterocycles. The Bertz CT molecular complexity index is 339. The van der Waals surface area contributed by atoms with Crippen molar-refractivity contribution in [1.82, 2.24) is 10.2 Å². The topological polar surface area (TPSA) is 83.6 Å². The van der Waals surface area contributed by atoms with Gasteiger partial charge >= 0.3 is 0 Å². The SMILES string of the molecule is O=CC(=O)NCCCN1CCS(=O)(=O)CC1. The Hall–Kier alpha value is -0.950. The highest BCUT2D eigenvalue weighted by atomic mass is 32.2. The van der Waals surface area contributed by atoms with Gasteiger partial charge in [-0.25, -0.2) is 8.42 Å². The second kappa shape index (κ2) is 5.95. The number of sulfone groups is 1. The predicted molar refractivity (Wildman–Crippen MR) is 58.8 cm³/mol. The molecule has 0 aliphatic carbocycles. The molecule has 0 bridgehead atoms. The number of nitrogens with zero attached hydrogens (tertiary/aromatic N) is 1.